The van der Waals surface area contributed by atoms with Crippen molar-refractivity contribution in [3.05, 3.63) is 0 Å². The van der Waals surface area contributed by atoms with Gasteiger partial charge < -0.3 is 19.9 Å². The highest BCUT2D eigenvalue weighted by atomic mass is 19.4. The zero-order valence-electron chi connectivity index (χ0n) is 9.05. The van der Waals surface area contributed by atoms with Crippen molar-refractivity contribution in [1.82, 2.24) is 5.32 Å². The van der Waals surface area contributed by atoms with E-state index in [1.165, 1.54) is 0 Å². The summed E-state index contributed by atoms with van der Waals surface area (Å²) in [6.07, 6.45) is -5.09. The molecule has 0 atom stereocenters. The van der Waals surface area contributed by atoms with E-state index < -0.39 is 24.5 Å². The lowest BCUT2D eigenvalue weighted by Crippen LogP contribution is -2.47. The summed E-state index contributed by atoms with van der Waals surface area (Å²) in [6.45, 7) is -1.07. The van der Waals surface area contributed by atoms with E-state index in [4.69, 9.17) is 4.74 Å². The van der Waals surface area contributed by atoms with Crippen molar-refractivity contribution in [1.29, 1.82) is 0 Å². The number of ether oxygens (including phenoxy) is 2. The number of aliphatic hydroxyl groups is 1. The maximum atomic E-state index is 11.7. The Labute approximate surface area is 95.9 Å². The number of hydrogen-bond acceptors (Lipinski definition) is 4. The van der Waals surface area contributed by atoms with Crippen LogP contribution in [0.2, 0.25) is 0 Å². The summed E-state index contributed by atoms with van der Waals surface area (Å²) in [6, 6.07) is 0. The average molecular weight is 257 g/mol. The van der Waals surface area contributed by atoms with Gasteiger partial charge in [0.15, 0.2) is 6.61 Å². The molecule has 5 nitrogen and oxygen atoms in total. The smallest absolute Gasteiger partial charge is 0.422 e. The number of carbonyl (C=O) groups is 1. The van der Waals surface area contributed by atoms with E-state index in [1.807, 2.05) is 0 Å². The van der Waals surface area contributed by atoms with Crippen molar-refractivity contribution in [2.24, 2.45) is 0 Å². The molecule has 0 saturated carbocycles. The van der Waals surface area contributed by atoms with Gasteiger partial charge in [0.05, 0.1) is 5.60 Å². The summed E-state index contributed by atoms with van der Waals surface area (Å²) in [5, 5.41) is 12.0. The van der Waals surface area contributed by atoms with Crippen molar-refractivity contribution in [2.75, 3.05) is 26.4 Å². The van der Waals surface area contributed by atoms with Crippen LogP contribution in [-0.4, -0.2) is 49.3 Å². The van der Waals surface area contributed by atoms with E-state index in [0.29, 0.717) is 26.1 Å². The fourth-order valence-electron chi connectivity index (χ4n) is 1.36. The maximum Gasteiger partial charge on any atom is 0.422 e. The molecule has 0 unspecified atom stereocenters. The third-order valence-corrected chi connectivity index (χ3v) is 2.35. The minimum atomic E-state index is -4.55. The zero-order chi connectivity index (χ0) is 12.9. The Morgan fingerprint density at radius 3 is 2.53 bits per heavy atom. The molecule has 1 amide bonds. The second-order valence-corrected chi connectivity index (χ2v) is 3.88. The standard InChI is InChI=1S/C9H14F3NO4/c10-9(11,12)6-17-7(14)13-5-8(15)1-3-16-4-2-8/h15H,1-6H2,(H,13,14). The van der Waals surface area contributed by atoms with Crippen LogP contribution in [0.3, 0.4) is 0 Å². The summed E-state index contributed by atoms with van der Waals surface area (Å²) in [7, 11) is 0. The highest BCUT2D eigenvalue weighted by Gasteiger charge is 2.32. The number of alkyl carbamates (subject to hydrolysis) is 1. The predicted octanol–water partition coefficient (Wildman–Crippen LogP) is 0.816. The van der Waals surface area contributed by atoms with Gasteiger partial charge in [-0.15, -0.1) is 0 Å². The minimum absolute atomic E-state index is 0.146. The van der Waals surface area contributed by atoms with Gasteiger partial charge >= 0.3 is 12.3 Å². The van der Waals surface area contributed by atoms with Crippen LogP contribution in [0.5, 0.6) is 0 Å². The van der Waals surface area contributed by atoms with Crippen LogP contribution < -0.4 is 5.32 Å². The van der Waals surface area contributed by atoms with Gasteiger partial charge in [-0.05, 0) is 0 Å². The van der Waals surface area contributed by atoms with Gasteiger partial charge in [-0.25, -0.2) is 4.79 Å². The summed E-state index contributed by atoms with van der Waals surface area (Å²) >= 11 is 0. The monoisotopic (exact) mass is 257 g/mol. The summed E-state index contributed by atoms with van der Waals surface area (Å²) in [4.78, 5) is 10.9. The first kappa shape index (κ1) is 14.0. The Bertz CT molecular complexity index is 263. The lowest BCUT2D eigenvalue weighted by Gasteiger charge is -2.31. The quantitative estimate of drug-likeness (QED) is 0.785. The molecule has 0 bridgehead atoms. The van der Waals surface area contributed by atoms with E-state index >= 15 is 0 Å². The van der Waals surface area contributed by atoms with E-state index in [-0.39, 0.29) is 6.54 Å². The Hall–Kier alpha value is -1.02. The number of carbonyl (C=O) groups excluding carboxylic acids is 1. The first-order valence-corrected chi connectivity index (χ1v) is 5.08. The second-order valence-electron chi connectivity index (χ2n) is 3.88. The third-order valence-electron chi connectivity index (χ3n) is 2.35. The van der Waals surface area contributed by atoms with Gasteiger partial charge in [-0.1, -0.05) is 0 Å². The van der Waals surface area contributed by atoms with Gasteiger partial charge in [0.25, 0.3) is 0 Å². The van der Waals surface area contributed by atoms with Gasteiger partial charge in [0.2, 0.25) is 0 Å². The number of nitrogens with one attached hydrogen (secondary N) is 1. The van der Waals surface area contributed by atoms with Crippen molar-refractivity contribution < 1.29 is 32.5 Å². The largest absolute Gasteiger partial charge is 0.440 e. The number of hydrogen-bond donors (Lipinski definition) is 2. The molecule has 0 spiro atoms. The maximum absolute atomic E-state index is 11.7. The fraction of sp³-hybridized carbons (Fsp3) is 0.889. The first-order valence-electron chi connectivity index (χ1n) is 5.08. The fourth-order valence-corrected chi connectivity index (χ4v) is 1.36. The second kappa shape index (κ2) is 5.54. The van der Waals surface area contributed by atoms with E-state index in [9.17, 15) is 23.1 Å². The Kier molecular flexibility index (Phi) is 4.58. The third kappa shape index (κ3) is 5.73. The summed E-state index contributed by atoms with van der Waals surface area (Å²) in [5.74, 6) is 0. The van der Waals surface area contributed by atoms with E-state index in [2.05, 4.69) is 10.1 Å². The van der Waals surface area contributed by atoms with Crippen LogP contribution in [0.25, 0.3) is 0 Å². The molecule has 0 aromatic heterocycles. The molecule has 1 saturated heterocycles. The molecule has 0 radical (unpaired) electrons. The average Bonchev–Trinajstić information content (AvgIpc) is 2.24. The molecule has 1 aliphatic rings. The lowest BCUT2D eigenvalue weighted by atomic mass is 9.94. The number of rotatable bonds is 3. The van der Waals surface area contributed by atoms with E-state index in [0.717, 1.165) is 0 Å². The molecular formula is C9H14F3NO4. The Morgan fingerprint density at radius 1 is 1.41 bits per heavy atom. The Morgan fingerprint density at radius 2 is 2.00 bits per heavy atom. The molecule has 1 rings (SSSR count). The Balaban J connectivity index is 2.23. The zero-order valence-corrected chi connectivity index (χ0v) is 9.05. The van der Waals surface area contributed by atoms with E-state index in [1.54, 1.807) is 0 Å². The molecule has 2 N–H and O–H groups in total. The minimum Gasteiger partial charge on any atom is -0.440 e. The van der Waals surface area contributed by atoms with Gasteiger partial charge in [-0.2, -0.15) is 13.2 Å². The molecule has 0 aromatic carbocycles. The number of amides is 1. The number of alkyl halides is 3. The molecule has 100 valence electrons. The van der Waals surface area contributed by atoms with Crippen LogP contribution in [-0.2, 0) is 9.47 Å². The van der Waals surface area contributed by atoms with Crippen LogP contribution in [0.4, 0.5) is 18.0 Å². The summed E-state index contributed by atoms with van der Waals surface area (Å²) < 4.78 is 44.1. The highest BCUT2D eigenvalue weighted by Crippen LogP contribution is 2.19. The molecule has 1 aliphatic heterocycles. The van der Waals surface area contributed by atoms with Gasteiger partial charge in [0, 0.05) is 32.6 Å². The normalized spacial score (nSPS) is 19.8. The molecule has 0 aromatic rings. The SMILES string of the molecule is O=C(NCC1(O)CCOCC1)OCC(F)(F)F. The molecular weight excluding hydrogens is 243 g/mol. The molecule has 8 heteroatoms. The van der Waals surface area contributed by atoms with Gasteiger partial charge in [-0.3, -0.25) is 0 Å². The molecule has 17 heavy (non-hydrogen) atoms. The van der Waals surface area contributed by atoms with Crippen LogP contribution in [0.1, 0.15) is 12.8 Å². The van der Waals surface area contributed by atoms with Crippen molar-refractivity contribution in [3.63, 3.8) is 0 Å². The predicted molar refractivity (Wildman–Crippen MR) is 50.4 cm³/mol. The summed E-state index contributed by atoms with van der Waals surface area (Å²) in [5.41, 5.74) is -1.13. The molecule has 1 fully saturated rings. The number of halogens is 3. The van der Waals surface area contributed by atoms with Crippen LogP contribution in [0.15, 0.2) is 0 Å². The molecule has 0 aliphatic carbocycles. The molecule has 1 heterocycles. The van der Waals surface area contributed by atoms with Gasteiger partial charge in [0.1, 0.15) is 0 Å². The lowest BCUT2D eigenvalue weighted by molar-refractivity contribution is -0.160. The highest BCUT2D eigenvalue weighted by molar-refractivity contribution is 5.67. The van der Waals surface area contributed by atoms with Crippen LogP contribution >= 0.6 is 0 Å². The topological polar surface area (TPSA) is 67.8 Å². The first-order chi connectivity index (χ1) is 7.81. The van der Waals surface area contributed by atoms with Crippen molar-refractivity contribution in [2.45, 2.75) is 24.6 Å². The van der Waals surface area contributed by atoms with Crippen molar-refractivity contribution >= 4 is 6.09 Å². The van der Waals surface area contributed by atoms with Crippen molar-refractivity contribution in [3.8, 4) is 0 Å². The van der Waals surface area contributed by atoms with Crippen LogP contribution in [0, 0.1) is 0 Å².